The summed E-state index contributed by atoms with van der Waals surface area (Å²) in [6.07, 6.45) is 4.96. The van der Waals surface area contributed by atoms with E-state index in [0.717, 1.165) is 11.8 Å². The minimum absolute atomic E-state index is 0.0969. The van der Waals surface area contributed by atoms with Crippen LogP contribution in [0.15, 0.2) is 60.0 Å². The van der Waals surface area contributed by atoms with Crippen LogP contribution in [-0.4, -0.2) is 50.1 Å². The third kappa shape index (κ3) is 3.41. The number of fused-ring (bicyclic) bond motifs is 2. The average molecular weight is 403 g/mol. The van der Waals surface area contributed by atoms with Crippen LogP contribution in [-0.2, 0) is 4.79 Å². The molecule has 4 aromatic rings. The number of amides is 1. The Bertz CT molecular complexity index is 1250. The lowest BCUT2D eigenvalue weighted by Gasteiger charge is -2.15. The zero-order chi connectivity index (χ0) is 20.5. The van der Waals surface area contributed by atoms with E-state index < -0.39 is 0 Å². The summed E-state index contributed by atoms with van der Waals surface area (Å²) in [6.45, 7) is 4.65. The van der Waals surface area contributed by atoms with Gasteiger partial charge in [-0.3, -0.25) is 4.79 Å². The molecule has 1 amide bonds. The molecule has 1 saturated heterocycles. The Hall–Kier alpha value is -4.01. The number of benzene rings is 1. The van der Waals surface area contributed by atoms with E-state index in [0.29, 0.717) is 47.2 Å². The number of hydrogen-bond donors (Lipinski definition) is 0. The maximum atomic E-state index is 11.8. The predicted octanol–water partition coefficient (Wildman–Crippen LogP) is 3.12. The number of rotatable bonds is 5. The third-order valence-corrected chi connectivity index (χ3v) is 4.88. The molecule has 5 rings (SSSR count). The van der Waals surface area contributed by atoms with Crippen LogP contribution < -0.4 is 9.47 Å². The minimum Gasteiger partial charge on any atom is -0.472 e. The highest BCUT2D eigenvalue weighted by molar-refractivity contribution is 5.87. The van der Waals surface area contributed by atoms with Gasteiger partial charge in [0, 0.05) is 30.5 Å². The zero-order valence-corrected chi connectivity index (χ0v) is 15.9. The molecule has 9 nitrogen and oxygen atoms in total. The zero-order valence-electron chi connectivity index (χ0n) is 15.9. The average Bonchev–Trinajstić information content (AvgIpc) is 3.43. The van der Waals surface area contributed by atoms with Gasteiger partial charge in [-0.05, 0) is 24.3 Å². The highest BCUT2D eigenvalue weighted by Gasteiger charge is 2.26. The van der Waals surface area contributed by atoms with Crippen LogP contribution in [0.3, 0.4) is 0 Å². The Morgan fingerprint density at radius 3 is 3.10 bits per heavy atom. The number of hydrogen-bond acceptors (Lipinski definition) is 8. The van der Waals surface area contributed by atoms with E-state index in [-0.39, 0.29) is 12.0 Å². The molecule has 30 heavy (non-hydrogen) atoms. The summed E-state index contributed by atoms with van der Waals surface area (Å²) in [5.41, 5.74) is 1.72. The Morgan fingerprint density at radius 1 is 1.27 bits per heavy atom. The van der Waals surface area contributed by atoms with Crippen LogP contribution in [0.25, 0.3) is 22.0 Å². The van der Waals surface area contributed by atoms with E-state index in [1.54, 1.807) is 35.4 Å². The summed E-state index contributed by atoms with van der Waals surface area (Å²) in [4.78, 5) is 26.5. The summed E-state index contributed by atoms with van der Waals surface area (Å²) >= 11 is 0. The Kier molecular flexibility index (Phi) is 4.47. The summed E-state index contributed by atoms with van der Waals surface area (Å²) in [5.74, 6) is 1.17. The van der Waals surface area contributed by atoms with E-state index in [2.05, 4.69) is 26.7 Å². The quantitative estimate of drug-likeness (QED) is 0.468. The van der Waals surface area contributed by atoms with Crippen LogP contribution in [0.5, 0.6) is 17.5 Å². The van der Waals surface area contributed by atoms with Crippen LogP contribution >= 0.6 is 0 Å². The van der Waals surface area contributed by atoms with Crippen LogP contribution in [0, 0.1) is 0 Å². The van der Waals surface area contributed by atoms with Gasteiger partial charge in [-0.1, -0.05) is 11.7 Å². The molecular formula is C21H17N5O4. The standard InChI is InChI=1S/C21H17N5O4/c1-2-19(27)26-8-7-15(11-26)28-18-6-5-16-20(25-18)21(23-12-22-16)29-14-4-3-13-10-24-30-17(13)9-14/h2-6,9-10,12,15H,1,7-8,11H2. The van der Waals surface area contributed by atoms with Crippen molar-refractivity contribution >= 4 is 27.9 Å². The Morgan fingerprint density at radius 2 is 2.20 bits per heavy atom. The van der Waals surface area contributed by atoms with E-state index in [1.165, 1.54) is 12.4 Å². The topological polar surface area (TPSA) is 103 Å². The molecule has 1 atom stereocenters. The van der Waals surface area contributed by atoms with Crippen LogP contribution in [0.1, 0.15) is 6.42 Å². The number of carbonyl (C=O) groups excluding carboxylic acids is 1. The van der Waals surface area contributed by atoms with Crippen LogP contribution in [0.2, 0.25) is 0 Å². The van der Waals surface area contributed by atoms with Gasteiger partial charge in [0.25, 0.3) is 0 Å². The number of pyridine rings is 1. The second-order valence-corrected chi connectivity index (χ2v) is 6.84. The molecule has 3 aromatic heterocycles. The first-order valence-electron chi connectivity index (χ1n) is 9.41. The van der Waals surface area contributed by atoms with Crippen molar-refractivity contribution in [3.63, 3.8) is 0 Å². The molecule has 150 valence electrons. The van der Waals surface area contributed by atoms with Crippen LogP contribution in [0.4, 0.5) is 0 Å². The maximum absolute atomic E-state index is 11.8. The summed E-state index contributed by atoms with van der Waals surface area (Å²) < 4.78 is 17.1. The monoisotopic (exact) mass is 403 g/mol. The molecule has 9 heteroatoms. The highest BCUT2D eigenvalue weighted by atomic mass is 16.5. The highest BCUT2D eigenvalue weighted by Crippen LogP contribution is 2.29. The number of carbonyl (C=O) groups is 1. The van der Waals surface area contributed by atoms with Gasteiger partial charge in [-0.15, -0.1) is 0 Å². The first kappa shape index (κ1) is 18.0. The largest absolute Gasteiger partial charge is 0.472 e. The van der Waals surface area contributed by atoms with Crippen molar-refractivity contribution in [2.45, 2.75) is 12.5 Å². The molecule has 1 aliphatic heterocycles. The smallest absolute Gasteiger partial charge is 0.249 e. The van der Waals surface area contributed by atoms with Gasteiger partial charge in [0.05, 0.1) is 18.3 Å². The van der Waals surface area contributed by atoms with Gasteiger partial charge in [0.1, 0.15) is 18.2 Å². The van der Waals surface area contributed by atoms with E-state index in [9.17, 15) is 4.79 Å². The van der Waals surface area contributed by atoms with Gasteiger partial charge >= 0.3 is 0 Å². The summed E-state index contributed by atoms with van der Waals surface area (Å²) in [5, 5.41) is 4.65. The third-order valence-electron chi connectivity index (χ3n) is 4.88. The van der Waals surface area contributed by atoms with Gasteiger partial charge in [0.2, 0.25) is 17.7 Å². The SMILES string of the molecule is C=CC(=O)N1CCC(Oc2ccc3ncnc(Oc4ccc5cnoc5c4)c3n2)C1. The fraction of sp³-hybridized carbons (Fsp3) is 0.190. The molecule has 1 unspecified atom stereocenters. The van der Waals surface area contributed by atoms with E-state index >= 15 is 0 Å². The first-order valence-corrected chi connectivity index (χ1v) is 9.41. The van der Waals surface area contributed by atoms with E-state index in [1.807, 2.05) is 6.07 Å². The predicted molar refractivity (Wildman–Crippen MR) is 107 cm³/mol. The Balaban J connectivity index is 1.39. The molecule has 0 bridgehead atoms. The normalized spacial score (nSPS) is 16.1. The number of aromatic nitrogens is 4. The molecule has 0 N–H and O–H groups in total. The van der Waals surface area contributed by atoms with Gasteiger partial charge in [0.15, 0.2) is 11.1 Å². The lowest BCUT2D eigenvalue weighted by Crippen LogP contribution is -2.29. The molecule has 0 aliphatic carbocycles. The van der Waals surface area contributed by atoms with Gasteiger partial charge < -0.3 is 18.9 Å². The molecule has 1 fully saturated rings. The second kappa shape index (κ2) is 7.43. The lowest BCUT2D eigenvalue weighted by atomic mass is 10.2. The molecule has 1 aromatic carbocycles. The summed E-state index contributed by atoms with van der Waals surface area (Å²) in [7, 11) is 0. The number of ether oxygens (including phenoxy) is 2. The fourth-order valence-corrected chi connectivity index (χ4v) is 3.38. The fourth-order valence-electron chi connectivity index (χ4n) is 3.38. The van der Waals surface area contributed by atoms with Gasteiger partial charge in [-0.2, -0.15) is 4.98 Å². The first-order chi connectivity index (χ1) is 14.7. The molecule has 0 radical (unpaired) electrons. The van der Waals surface area contributed by atoms with Crippen molar-refractivity contribution in [2.24, 2.45) is 0 Å². The number of nitrogens with zero attached hydrogens (tertiary/aromatic N) is 5. The molecule has 0 spiro atoms. The van der Waals surface area contributed by atoms with Crippen molar-refractivity contribution in [1.29, 1.82) is 0 Å². The Labute approximate surface area is 170 Å². The lowest BCUT2D eigenvalue weighted by molar-refractivity contribution is -0.125. The van der Waals surface area contributed by atoms with E-state index in [4.69, 9.17) is 14.0 Å². The van der Waals surface area contributed by atoms with Crippen molar-refractivity contribution in [2.75, 3.05) is 13.1 Å². The minimum atomic E-state index is -0.137. The van der Waals surface area contributed by atoms with Crippen molar-refractivity contribution < 1.29 is 18.8 Å². The second-order valence-electron chi connectivity index (χ2n) is 6.84. The maximum Gasteiger partial charge on any atom is 0.249 e. The van der Waals surface area contributed by atoms with Crippen molar-refractivity contribution in [3.05, 3.63) is 55.5 Å². The molecule has 4 heterocycles. The molecular weight excluding hydrogens is 386 g/mol. The molecule has 1 aliphatic rings. The summed E-state index contributed by atoms with van der Waals surface area (Å²) in [6, 6.07) is 8.94. The number of likely N-dealkylation sites (tertiary alicyclic amines) is 1. The molecule has 0 saturated carbocycles. The van der Waals surface area contributed by atoms with Crippen molar-refractivity contribution in [1.82, 2.24) is 25.0 Å². The van der Waals surface area contributed by atoms with Crippen molar-refractivity contribution in [3.8, 4) is 17.5 Å². The van der Waals surface area contributed by atoms with Gasteiger partial charge in [-0.25, -0.2) is 9.97 Å².